The number of nitrogens with one attached hydrogen (secondary N) is 2. The lowest BCUT2D eigenvalue weighted by Crippen LogP contribution is -2.43. The van der Waals surface area contributed by atoms with Crippen molar-refractivity contribution in [3.63, 3.8) is 0 Å². The molecule has 0 unspecified atom stereocenters. The fourth-order valence-corrected chi connectivity index (χ4v) is 2.24. The molecule has 1 rings (SSSR count). The van der Waals surface area contributed by atoms with Crippen LogP contribution in [0.3, 0.4) is 0 Å². The first-order valence-corrected chi connectivity index (χ1v) is 7.87. The number of benzene rings is 1. The Balaban J connectivity index is 2.82. The maximum absolute atomic E-state index is 12.7. The first-order chi connectivity index (χ1) is 11.0. The van der Waals surface area contributed by atoms with E-state index < -0.39 is 6.04 Å². The van der Waals surface area contributed by atoms with Crippen LogP contribution < -0.4 is 10.6 Å². The van der Waals surface area contributed by atoms with Crippen LogP contribution >= 0.6 is 0 Å². The van der Waals surface area contributed by atoms with Crippen LogP contribution in [0.2, 0.25) is 0 Å². The van der Waals surface area contributed by atoms with Gasteiger partial charge in [-0.3, -0.25) is 14.4 Å². The van der Waals surface area contributed by atoms with Gasteiger partial charge >= 0.3 is 0 Å². The summed E-state index contributed by atoms with van der Waals surface area (Å²) in [6, 6.07) is 8.46. The average molecular weight is 319 g/mol. The summed E-state index contributed by atoms with van der Waals surface area (Å²) in [5.74, 6) is -0.584. The van der Waals surface area contributed by atoms with Crippen LogP contribution in [-0.2, 0) is 14.4 Å². The van der Waals surface area contributed by atoms with E-state index in [1.165, 1.54) is 6.92 Å². The molecule has 0 aliphatic rings. The molecule has 0 aliphatic heterocycles. The van der Waals surface area contributed by atoms with E-state index in [0.717, 1.165) is 5.56 Å². The minimum Gasteiger partial charge on any atom is -0.356 e. The Morgan fingerprint density at radius 2 is 1.70 bits per heavy atom. The monoisotopic (exact) mass is 319 g/mol. The van der Waals surface area contributed by atoms with Crippen LogP contribution in [0.15, 0.2) is 30.3 Å². The quantitative estimate of drug-likeness (QED) is 0.756. The predicted molar refractivity (Wildman–Crippen MR) is 88.6 cm³/mol. The molecule has 0 saturated heterocycles. The maximum Gasteiger partial charge on any atom is 0.249 e. The summed E-state index contributed by atoms with van der Waals surface area (Å²) in [5.41, 5.74) is 0.747. The van der Waals surface area contributed by atoms with E-state index in [0.29, 0.717) is 13.1 Å². The van der Waals surface area contributed by atoms with E-state index in [-0.39, 0.29) is 30.7 Å². The summed E-state index contributed by atoms with van der Waals surface area (Å²) >= 11 is 0. The lowest BCUT2D eigenvalue weighted by molar-refractivity contribution is -0.136. The van der Waals surface area contributed by atoms with Gasteiger partial charge in [0, 0.05) is 33.0 Å². The molecule has 0 radical (unpaired) electrons. The highest BCUT2D eigenvalue weighted by molar-refractivity contribution is 5.89. The van der Waals surface area contributed by atoms with E-state index in [1.807, 2.05) is 44.2 Å². The van der Waals surface area contributed by atoms with E-state index >= 15 is 0 Å². The van der Waals surface area contributed by atoms with Crippen molar-refractivity contribution in [2.24, 2.45) is 0 Å². The van der Waals surface area contributed by atoms with E-state index in [4.69, 9.17) is 0 Å². The fraction of sp³-hybridized carbons (Fsp3) is 0.471. The summed E-state index contributed by atoms with van der Waals surface area (Å²) < 4.78 is 0. The van der Waals surface area contributed by atoms with Crippen molar-refractivity contribution >= 4 is 17.7 Å². The number of nitrogens with zero attached hydrogens (tertiary/aromatic N) is 1. The first kappa shape index (κ1) is 18.7. The Kier molecular flexibility index (Phi) is 7.80. The number of likely N-dealkylation sites (N-methyl/N-ethyl adjacent to an activating group) is 1. The molecule has 0 aromatic heterocycles. The molecule has 0 saturated carbocycles. The number of carbonyl (C=O) groups is 3. The Morgan fingerprint density at radius 1 is 1.09 bits per heavy atom. The SMILES string of the molecule is CCN(CC)C(=O)[C@H](NC(=O)CCNC(C)=O)c1ccccc1. The predicted octanol–water partition coefficient (Wildman–Crippen LogP) is 1.24. The summed E-state index contributed by atoms with van der Waals surface area (Å²) in [6.45, 7) is 6.63. The van der Waals surface area contributed by atoms with E-state index in [1.54, 1.807) is 4.90 Å². The van der Waals surface area contributed by atoms with Crippen molar-refractivity contribution in [2.45, 2.75) is 33.2 Å². The zero-order chi connectivity index (χ0) is 17.2. The lowest BCUT2D eigenvalue weighted by atomic mass is 10.1. The molecule has 1 atom stereocenters. The normalized spacial score (nSPS) is 11.4. The van der Waals surface area contributed by atoms with Crippen molar-refractivity contribution in [3.8, 4) is 0 Å². The molecule has 0 bridgehead atoms. The van der Waals surface area contributed by atoms with Gasteiger partial charge in [0.15, 0.2) is 0 Å². The molecule has 0 spiro atoms. The van der Waals surface area contributed by atoms with Crippen LogP contribution in [0.5, 0.6) is 0 Å². The fourth-order valence-electron chi connectivity index (χ4n) is 2.24. The molecule has 0 aliphatic carbocycles. The molecule has 0 fully saturated rings. The van der Waals surface area contributed by atoms with Crippen LogP contribution in [-0.4, -0.2) is 42.3 Å². The Labute approximate surface area is 137 Å². The number of carbonyl (C=O) groups excluding carboxylic acids is 3. The second kappa shape index (κ2) is 9.61. The van der Waals surface area contributed by atoms with Crippen molar-refractivity contribution in [2.75, 3.05) is 19.6 Å². The zero-order valence-corrected chi connectivity index (χ0v) is 14.0. The van der Waals surface area contributed by atoms with Crippen molar-refractivity contribution < 1.29 is 14.4 Å². The number of hydrogen-bond donors (Lipinski definition) is 2. The molecule has 126 valence electrons. The summed E-state index contributed by atoms with van der Waals surface area (Å²) in [7, 11) is 0. The zero-order valence-electron chi connectivity index (χ0n) is 14.0. The standard InChI is InChI=1S/C17H25N3O3/c1-4-20(5-2)17(23)16(14-9-7-6-8-10-14)19-15(22)11-12-18-13(3)21/h6-10,16H,4-5,11-12H2,1-3H3,(H,18,21)(H,19,22)/t16-/m1/s1. The van der Waals surface area contributed by atoms with Gasteiger partial charge in [-0.2, -0.15) is 0 Å². The highest BCUT2D eigenvalue weighted by atomic mass is 16.2. The van der Waals surface area contributed by atoms with Gasteiger partial charge in [-0.1, -0.05) is 30.3 Å². The van der Waals surface area contributed by atoms with Gasteiger partial charge in [-0.25, -0.2) is 0 Å². The molecular formula is C17H25N3O3. The van der Waals surface area contributed by atoms with Crippen molar-refractivity contribution in [3.05, 3.63) is 35.9 Å². The highest BCUT2D eigenvalue weighted by Gasteiger charge is 2.25. The van der Waals surface area contributed by atoms with Crippen LogP contribution in [0, 0.1) is 0 Å². The molecule has 1 aromatic rings. The van der Waals surface area contributed by atoms with Crippen LogP contribution in [0.25, 0.3) is 0 Å². The van der Waals surface area contributed by atoms with Crippen molar-refractivity contribution in [1.29, 1.82) is 0 Å². The number of hydrogen-bond acceptors (Lipinski definition) is 3. The third-order valence-corrected chi connectivity index (χ3v) is 3.49. The molecule has 2 N–H and O–H groups in total. The summed E-state index contributed by atoms with van der Waals surface area (Å²) in [4.78, 5) is 37.3. The third kappa shape index (κ3) is 6.10. The van der Waals surface area contributed by atoms with Gasteiger partial charge in [-0.05, 0) is 19.4 Å². The van der Waals surface area contributed by atoms with E-state index in [2.05, 4.69) is 10.6 Å². The first-order valence-electron chi connectivity index (χ1n) is 7.87. The number of rotatable bonds is 8. The molecule has 23 heavy (non-hydrogen) atoms. The molecular weight excluding hydrogens is 294 g/mol. The van der Waals surface area contributed by atoms with Gasteiger partial charge < -0.3 is 15.5 Å². The highest BCUT2D eigenvalue weighted by Crippen LogP contribution is 2.16. The summed E-state index contributed by atoms with van der Waals surface area (Å²) in [6.07, 6.45) is 0.133. The smallest absolute Gasteiger partial charge is 0.249 e. The van der Waals surface area contributed by atoms with Gasteiger partial charge in [0.2, 0.25) is 17.7 Å². The molecule has 0 heterocycles. The molecule has 6 heteroatoms. The van der Waals surface area contributed by atoms with Gasteiger partial charge in [0.1, 0.15) is 6.04 Å². The average Bonchev–Trinajstić information content (AvgIpc) is 2.54. The third-order valence-electron chi connectivity index (χ3n) is 3.49. The second-order valence-electron chi connectivity index (χ2n) is 5.15. The van der Waals surface area contributed by atoms with E-state index in [9.17, 15) is 14.4 Å². The number of amides is 3. The Morgan fingerprint density at radius 3 is 2.22 bits per heavy atom. The minimum absolute atomic E-state index is 0.130. The minimum atomic E-state index is -0.707. The van der Waals surface area contributed by atoms with Gasteiger partial charge in [0.05, 0.1) is 0 Å². The topological polar surface area (TPSA) is 78.5 Å². The Hall–Kier alpha value is -2.37. The van der Waals surface area contributed by atoms with Crippen molar-refractivity contribution in [1.82, 2.24) is 15.5 Å². The summed E-state index contributed by atoms with van der Waals surface area (Å²) in [5, 5.41) is 5.34. The van der Waals surface area contributed by atoms with Crippen LogP contribution in [0.1, 0.15) is 38.8 Å². The molecule has 1 aromatic carbocycles. The van der Waals surface area contributed by atoms with Crippen LogP contribution in [0.4, 0.5) is 0 Å². The lowest BCUT2D eigenvalue weighted by Gasteiger charge is -2.26. The Bertz CT molecular complexity index is 527. The molecule has 6 nitrogen and oxygen atoms in total. The largest absolute Gasteiger partial charge is 0.356 e. The van der Waals surface area contributed by atoms with Gasteiger partial charge in [0.25, 0.3) is 0 Å². The second-order valence-corrected chi connectivity index (χ2v) is 5.15. The molecule has 3 amide bonds. The maximum atomic E-state index is 12.7. The van der Waals surface area contributed by atoms with Gasteiger partial charge in [-0.15, -0.1) is 0 Å².